The maximum Gasteiger partial charge on any atom is 0.237 e. The zero-order chi connectivity index (χ0) is 13.5. The van der Waals surface area contributed by atoms with E-state index in [1.54, 1.807) is 7.11 Å². The van der Waals surface area contributed by atoms with Crippen molar-refractivity contribution in [3.05, 3.63) is 18.0 Å². The fourth-order valence-corrected chi connectivity index (χ4v) is 2.49. The Hall–Kier alpha value is -0.820. The van der Waals surface area contributed by atoms with Crippen LogP contribution in [-0.4, -0.2) is 54.4 Å². The molecular weight excluding hydrogens is 315 g/mol. The highest BCUT2D eigenvalue weighted by molar-refractivity contribution is 5.85. The Morgan fingerprint density at radius 2 is 2.33 bits per heavy atom. The second-order valence-electron chi connectivity index (χ2n) is 4.80. The SMILES string of the molecule is COCCNCC(=O)N1CCCCC1c1cn[nH]c1.Cl.Cl. The Morgan fingerprint density at radius 1 is 1.52 bits per heavy atom. The van der Waals surface area contributed by atoms with Gasteiger partial charge in [-0.25, -0.2) is 0 Å². The van der Waals surface area contributed by atoms with E-state index in [4.69, 9.17) is 4.74 Å². The Labute approximate surface area is 137 Å². The first-order chi connectivity index (χ1) is 9.33. The highest BCUT2D eigenvalue weighted by Gasteiger charge is 2.27. The molecule has 1 saturated heterocycles. The topological polar surface area (TPSA) is 70.2 Å². The number of rotatable bonds is 6. The predicted molar refractivity (Wildman–Crippen MR) is 86.1 cm³/mol. The van der Waals surface area contributed by atoms with Crippen molar-refractivity contribution in [3.8, 4) is 0 Å². The van der Waals surface area contributed by atoms with Gasteiger partial charge >= 0.3 is 0 Å². The van der Waals surface area contributed by atoms with Gasteiger partial charge in [0.25, 0.3) is 0 Å². The molecule has 0 saturated carbocycles. The van der Waals surface area contributed by atoms with Crippen molar-refractivity contribution in [2.24, 2.45) is 0 Å². The number of halogens is 2. The summed E-state index contributed by atoms with van der Waals surface area (Å²) in [7, 11) is 1.66. The summed E-state index contributed by atoms with van der Waals surface area (Å²) >= 11 is 0. The highest BCUT2D eigenvalue weighted by Crippen LogP contribution is 2.30. The van der Waals surface area contributed by atoms with Gasteiger partial charge in [0, 0.05) is 32.0 Å². The van der Waals surface area contributed by atoms with E-state index in [0.717, 1.165) is 31.4 Å². The maximum atomic E-state index is 12.3. The summed E-state index contributed by atoms with van der Waals surface area (Å²) in [5, 5.41) is 9.92. The molecule has 2 N–H and O–H groups in total. The van der Waals surface area contributed by atoms with Gasteiger partial charge in [-0.2, -0.15) is 5.10 Å². The molecule has 0 bridgehead atoms. The van der Waals surface area contributed by atoms with Crippen LogP contribution >= 0.6 is 24.8 Å². The van der Waals surface area contributed by atoms with E-state index in [1.165, 1.54) is 0 Å². The van der Waals surface area contributed by atoms with Crippen LogP contribution in [0.1, 0.15) is 30.9 Å². The zero-order valence-corrected chi connectivity index (χ0v) is 13.8. The van der Waals surface area contributed by atoms with Gasteiger partial charge in [-0.1, -0.05) is 0 Å². The predicted octanol–water partition coefficient (Wildman–Crippen LogP) is 1.54. The highest BCUT2D eigenvalue weighted by atomic mass is 35.5. The van der Waals surface area contributed by atoms with Crippen LogP contribution < -0.4 is 5.32 Å². The van der Waals surface area contributed by atoms with E-state index in [1.807, 2.05) is 17.3 Å². The van der Waals surface area contributed by atoms with E-state index in [-0.39, 0.29) is 36.8 Å². The molecule has 0 radical (unpaired) electrons. The van der Waals surface area contributed by atoms with Crippen LogP contribution in [0.15, 0.2) is 12.4 Å². The minimum atomic E-state index is 0. The van der Waals surface area contributed by atoms with Gasteiger partial charge in [-0.3, -0.25) is 9.89 Å². The standard InChI is InChI=1S/C13H22N4O2.2ClH/c1-19-7-5-14-10-13(18)17-6-3-2-4-12(17)11-8-15-16-9-11;;/h8-9,12,14H,2-7,10H2,1H3,(H,15,16);2*1H. The molecule has 1 aliphatic heterocycles. The van der Waals surface area contributed by atoms with Gasteiger partial charge in [0.1, 0.15) is 0 Å². The smallest absolute Gasteiger partial charge is 0.237 e. The van der Waals surface area contributed by atoms with Gasteiger partial charge in [0.2, 0.25) is 5.91 Å². The molecule has 1 atom stereocenters. The number of likely N-dealkylation sites (tertiary alicyclic amines) is 1. The fourth-order valence-electron chi connectivity index (χ4n) is 2.49. The van der Waals surface area contributed by atoms with Gasteiger partial charge in [0.15, 0.2) is 0 Å². The van der Waals surface area contributed by atoms with Crippen LogP contribution in [0.2, 0.25) is 0 Å². The van der Waals surface area contributed by atoms with Crippen LogP contribution in [0.5, 0.6) is 0 Å². The van der Waals surface area contributed by atoms with Gasteiger partial charge in [-0.05, 0) is 19.3 Å². The lowest BCUT2D eigenvalue weighted by Crippen LogP contribution is -2.43. The van der Waals surface area contributed by atoms with Crippen LogP contribution in [0, 0.1) is 0 Å². The summed E-state index contributed by atoms with van der Waals surface area (Å²) in [6.45, 7) is 2.53. The van der Waals surface area contributed by atoms with Crippen molar-refractivity contribution in [1.29, 1.82) is 0 Å². The summed E-state index contributed by atoms with van der Waals surface area (Å²) in [5.41, 5.74) is 1.10. The van der Waals surface area contributed by atoms with E-state index in [9.17, 15) is 4.79 Å². The number of methoxy groups -OCH3 is 1. The Balaban J connectivity index is 0.00000200. The van der Waals surface area contributed by atoms with Crippen molar-refractivity contribution in [1.82, 2.24) is 20.4 Å². The fraction of sp³-hybridized carbons (Fsp3) is 0.692. The number of aromatic nitrogens is 2. The van der Waals surface area contributed by atoms with E-state index >= 15 is 0 Å². The first kappa shape index (κ1) is 20.2. The lowest BCUT2D eigenvalue weighted by molar-refractivity contribution is -0.134. The van der Waals surface area contributed by atoms with Gasteiger partial charge in [-0.15, -0.1) is 24.8 Å². The second-order valence-corrected chi connectivity index (χ2v) is 4.80. The largest absolute Gasteiger partial charge is 0.383 e. The summed E-state index contributed by atoms with van der Waals surface area (Å²) < 4.78 is 4.95. The quantitative estimate of drug-likeness (QED) is 0.772. The Morgan fingerprint density at radius 3 is 3.00 bits per heavy atom. The van der Waals surface area contributed by atoms with Crippen LogP contribution in [0.25, 0.3) is 0 Å². The molecule has 0 aliphatic carbocycles. The number of H-pyrrole nitrogens is 1. The zero-order valence-electron chi connectivity index (χ0n) is 12.2. The molecule has 0 spiro atoms. The average Bonchev–Trinajstić information content (AvgIpc) is 2.97. The summed E-state index contributed by atoms with van der Waals surface area (Å²) in [5.74, 6) is 0.155. The molecule has 1 amide bonds. The molecule has 1 unspecified atom stereocenters. The molecular formula is C13H24Cl2N4O2. The van der Waals surface area contributed by atoms with Crippen molar-refractivity contribution in [2.75, 3.05) is 33.4 Å². The van der Waals surface area contributed by atoms with Crippen molar-refractivity contribution >= 4 is 30.7 Å². The normalized spacial score (nSPS) is 17.8. The number of carbonyl (C=O) groups is 1. The number of piperidine rings is 1. The van der Waals surface area contributed by atoms with Gasteiger partial charge in [0.05, 0.1) is 25.4 Å². The first-order valence-electron chi connectivity index (χ1n) is 6.80. The number of hydrogen-bond donors (Lipinski definition) is 2. The summed E-state index contributed by atoms with van der Waals surface area (Å²) in [4.78, 5) is 14.2. The monoisotopic (exact) mass is 338 g/mol. The van der Waals surface area contributed by atoms with E-state index in [2.05, 4.69) is 15.5 Å². The molecule has 122 valence electrons. The second kappa shape index (κ2) is 10.8. The molecule has 1 aromatic heterocycles. The van der Waals surface area contributed by atoms with E-state index < -0.39 is 0 Å². The van der Waals surface area contributed by atoms with Gasteiger partial charge < -0.3 is 15.0 Å². The third-order valence-electron chi connectivity index (χ3n) is 3.49. The number of amides is 1. The summed E-state index contributed by atoms with van der Waals surface area (Å²) in [6, 6.07) is 0.171. The molecule has 1 aliphatic rings. The van der Waals surface area contributed by atoms with Crippen LogP contribution in [0.4, 0.5) is 0 Å². The lowest BCUT2D eigenvalue weighted by atomic mass is 9.97. The van der Waals surface area contributed by atoms with Crippen LogP contribution in [0.3, 0.4) is 0 Å². The third kappa shape index (κ3) is 5.82. The molecule has 2 rings (SSSR count). The van der Waals surface area contributed by atoms with Crippen molar-refractivity contribution in [3.63, 3.8) is 0 Å². The number of nitrogens with zero attached hydrogens (tertiary/aromatic N) is 2. The minimum absolute atomic E-state index is 0. The van der Waals surface area contributed by atoms with Crippen molar-refractivity contribution < 1.29 is 9.53 Å². The average molecular weight is 339 g/mol. The number of ether oxygens (including phenoxy) is 1. The molecule has 6 nitrogen and oxygen atoms in total. The maximum absolute atomic E-state index is 12.3. The number of nitrogens with one attached hydrogen (secondary N) is 2. The third-order valence-corrected chi connectivity index (χ3v) is 3.49. The Kier molecular flexibility index (Phi) is 10.4. The number of carbonyl (C=O) groups excluding carboxylic acids is 1. The number of aromatic amines is 1. The molecule has 1 fully saturated rings. The molecule has 21 heavy (non-hydrogen) atoms. The molecule has 0 aromatic carbocycles. The first-order valence-corrected chi connectivity index (χ1v) is 6.80. The number of hydrogen-bond acceptors (Lipinski definition) is 4. The van der Waals surface area contributed by atoms with Crippen LogP contribution in [-0.2, 0) is 9.53 Å². The van der Waals surface area contributed by atoms with Crippen molar-refractivity contribution in [2.45, 2.75) is 25.3 Å². The van der Waals surface area contributed by atoms with E-state index in [0.29, 0.717) is 19.7 Å². The molecule has 2 heterocycles. The lowest BCUT2D eigenvalue weighted by Gasteiger charge is -2.35. The Bertz CT molecular complexity index is 390. The summed E-state index contributed by atoms with van der Waals surface area (Å²) in [6.07, 6.45) is 6.96. The minimum Gasteiger partial charge on any atom is -0.383 e. The molecule has 8 heteroatoms. The molecule has 1 aromatic rings.